The third-order valence-electron chi connectivity index (χ3n) is 4.88. The van der Waals surface area contributed by atoms with Gasteiger partial charge in [0.25, 0.3) is 0 Å². The summed E-state index contributed by atoms with van der Waals surface area (Å²) in [4.78, 5) is 12.8. The van der Waals surface area contributed by atoms with Crippen LogP contribution in [0.3, 0.4) is 0 Å². The van der Waals surface area contributed by atoms with Gasteiger partial charge >= 0.3 is 0 Å². The largest absolute Gasteiger partial charge is 0.493 e. The number of pyridine rings is 1. The van der Waals surface area contributed by atoms with Crippen molar-refractivity contribution in [2.24, 2.45) is 0 Å². The number of carbonyl (C=O) groups excluding carboxylic acids is 1. The summed E-state index contributed by atoms with van der Waals surface area (Å²) in [6, 6.07) is 15.4. The fourth-order valence-corrected chi connectivity index (χ4v) is 4.19. The molecular formula is C22H22N4O3S. The molecule has 1 atom stereocenters. The molecule has 0 bridgehead atoms. The fraction of sp³-hybridized carbons (Fsp3) is 0.227. The highest BCUT2D eigenvalue weighted by Crippen LogP contribution is 2.31. The van der Waals surface area contributed by atoms with Crippen molar-refractivity contribution in [3.63, 3.8) is 0 Å². The number of para-hydroxylation sites is 1. The summed E-state index contributed by atoms with van der Waals surface area (Å²) in [5.41, 5.74) is 3.56. The van der Waals surface area contributed by atoms with E-state index in [4.69, 9.17) is 9.47 Å². The lowest BCUT2D eigenvalue weighted by atomic mass is 10.1. The van der Waals surface area contributed by atoms with Gasteiger partial charge in [0, 0.05) is 17.1 Å². The monoisotopic (exact) mass is 422 g/mol. The number of anilines is 1. The molecule has 0 spiro atoms. The molecule has 1 unspecified atom stereocenters. The average molecular weight is 423 g/mol. The second-order valence-electron chi connectivity index (χ2n) is 6.84. The Morgan fingerprint density at radius 1 is 1.07 bits per heavy atom. The molecule has 1 amide bonds. The molecule has 0 aliphatic rings. The molecule has 0 aliphatic heterocycles. The van der Waals surface area contributed by atoms with Gasteiger partial charge in [-0.3, -0.25) is 9.20 Å². The maximum absolute atomic E-state index is 12.8. The number of carbonyl (C=O) groups is 1. The average Bonchev–Trinajstić information content (AvgIpc) is 3.16. The Balaban J connectivity index is 1.58. The quantitative estimate of drug-likeness (QED) is 0.466. The Morgan fingerprint density at radius 3 is 2.60 bits per heavy atom. The molecule has 4 rings (SSSR count). The van der Waals surface area contributed by atoms with Gasteiger partial charge in [0.1, 0.15) is 0 Å². The van der Waals surface area contributed by atoms with Crippen LogP contribution in [0.25, 0.3) is 16.6 Å². The number of hydrogen-bond donors (Lipinski definition) is 1. The molecule has 0 fully saturated rings. The number of ether oxygens (including phenoxy) is 2. The van der Waals surface area contributed by atoms with Crippen LogP contribution in [0.15, 0.2) is 53.7 Å². The van der Waals surface area contributed by atoms with E-state index in [1.165, 1.54) is 11.8 Å². The first-order valence-corrected chi connectivity index (χ1v) is 10.3. The number of hydrogen-bond acceptors (Lipinski definition) is 6. The van der Waals surface area contributed by atoms with E-state index < -0.39 is 0 Å². The zero-order chi connectivity index (χ0) is 21.3. The predicted molar refractivity (Wildman–Crippen MR) is 119 cm³/mol. The van der Waals surface area contributed by atoms with Gasteiger partial charge in [-0.05, 0) is 43.7 Å². The van der Waals surface area contributed by atoms with Crippen LogP contribution in [-0.4, -0.2) is 40.0 Å². The number of benzene rings is 2. The van der Waals surface area contributed by atoms with Crippen LogP contribution in [-0.2, 0) is 4.79 Å². The molecule has 7 nitrogen and oxygen atoms in total. The molecule has 1 N–H and O–H groups in total. The van der Waals surface area contributed by atoms with Crippen molar-refractivity contribution in [3.8, 4) is 11.5 Å². The van der Waals surface area contributed by atoms with Gasteiger partial charge in [-0.15, -0.1) is 10.2 Å². The number of nitrogens with one attached hydrogen (secondary N) is 1. The van der Waals surface area contributed by atoms with Crippen molar-refractivity contribution < 1.29 is 14.3 Å². The number of rotatable bonds is 6. The SMILES string of the molecule is COc1ccc(NC(=O)C(C)Sc2nnc3cc(C)c4ccccc4n23)cc1OC. The van der Waals surface area contributed by atoms with E-state index in [1.54, 1.807) is 32.4 Å². The Hall–Kier alpha value is -3.26. The molecule has 4 aromatic rings. The zero-order valence-corrected chi connectivity index (χ0v) is 18.0. The van der Waals surface area contributed by atoms with Crippen LogP contribution < -0.4 is 14.8 Å². The third-order valence-corrected chi connectivity index (χ3v) is 5.92. The van der Waals surface area contributed by atoms with Crippen molar-refractivity contribution >= 4 is 39.9 Å². The van der Waals surface area contributed by atoms with Crippen molar-refractivity contribution in [2.75, 3.05) is 19.5 Å². The topological polar surface area (TPSA) is 77.8 Å². The van der Waals surface area contributed by atoms with E-state index in [9.17, 15) is 4.79 Å². The highest BCUT2D eigenvalue weighted by molar-refractivity contribution is 8.00. The summed E-state index contributed by atoms with van der Waals surface area (Å²) in [5.74, 6) is 1.02. The van der Waals surface area contributed by atoms with Gasteiger partial charge < -0.3 is 14.8 Å². The Bertz CT molecular complexity index is 1240. The van der Waals surface area contributed by atoms with E-state index in [1.807, 2.05) is 35.6 Å². The van der Waals surface area contributed by atoms with Gasteiger partial charge in [-0.2, -0.15) is 0 Å². The molecular weight excluding hydrogens is 400 g/mol. The third kappa shape index (κ3) is 3.66. The van der Waals surface area contributed by atoms with Gasteiger partial charge in [0.05, 0.1) is 25.0 Å². The number of aromatic nitrogens is 3. The second kappa shape index (κ2) is 8.23. The van der Waals surface area contributed by atoms with Crippen LogP contribution in [0.1, 0.15) is 12.5 Å². The molecule has 30 heavy (non-hydrogen) atoms. The number of nitrogens with zero attached hydrogens (tertiary/aromatic N) is 3. The highest BCUT2D eigenvalue weighted by Gasteiger charge is 2.20. The van der Waals surface area contributed by atoms with E-state index >= 15 is 0 Å². The minimum atomic E-state index is -0.384. The molecule has 2 aromatic heterocycles. The number of aryl methyl sites for hydroxylation is 1. The van der Waals surface area contributed by atoms with Crippen molar-refractivity contribution in [3.05, 3.63) is 54.1 Å². The van der Waals surface area contributed by atoms with Crippen LogP contribution in [0.4, 0.5) is 5.69 Å². The normalized spacial score (nSPS) is 12.1. The Morgan fingerprint density at radius 2 is 1.83 bits per heavy atom. The standard InChI is InChI=1S/C22H22N4O3S/c1-13-11-20-24-25-22(26(20)17-8-6-5-7-16(13)17)30-14(2)21(27)23-15-9-10-18(28-3)19(12-15)29-4/h5-12,14H,1-4H3,(H,23,27). The lowest BCUT2D eigenvalue weighted by Gasteiger charge is -2.14. The first kappa shape index (κ1) is 20.0. The second-order valence-corrected chi connectivity index (χ2v) is 8.15. The minimum absolute atomic E-state index is 0.139. The molecule has 0 radical (unpaired) electrons. The Kier molecular flexibility index (Phi) is 5.50. The van der Waals surface area contributed by atoms with E-state index in [0.29, 0.717) is 22.3 Å². The lowest BCUT2D eigenvalue weighted by molar-refractivity contribution is -0.115. The van der Waals surface area contributed by atoms with Crippen LogP contribution in [0.2, 0.25) is 0 Å². The summed E-state index contributed by atoms with van der Waals surface area (Å²) in [6.45, 7) is 3.90. The van der Waals surface area contributed by atoms with Crippen LogP contribution in [0.5, 0.6) is 11.5 Å². The maximum atomic E-state index is 12.8. The summed E-state index contributed by atoms with van der Waals surface area (Å²) >= 11 is 1.37. The summed E-state index contributed by atoms with van der Waals surface area (Å²) in [7, 11) is 3.13. The summed E-state index contributed by atoms with van der Waals surface area (Å²) in [6.07, 6.45) is 0. The van der Waals surface area contributed by atoms with E-state index in [-0.39, 0.29) is 11.2 Å². The maximum Gasteiger partial charge on any atom is 0.237 e. The van der Waals surface area contributed by atoms with E-state index in [2.05, 4.69) is 28.5 Å². The van der Waals surface area contributed by atoms with Gasteiger partial charge in [0.2, 0.25) is 5.91 Å². The predicted octanol–water partition coefficient (Wildman–Crippen LogP) is 4.33. The molecule has 0 saturated carbocycles. The number of fused-ring (bicyclic) bond motifs is 3. The minimum Gasteiger partial charge on any atom is -0.493 e. The molecule has 0 saturated heterocycles. The number of methoxy groups -OCH3 is 2. The summed E-state index contributed by atoms with van der Waals surface area (Å²) in [5, 5.41) is 13.0. The van der Waals surface area contributed by atoms with E-state index in [0.717, 1.165) is 22.1 Å². The smallest absolute Gasteiger partial charge is 0.237 e. The molecule has 2 heterocycles. The van der Waals surface area contributed by atoms with Crippen LogP contribution >= 0.6 is 11.8 Å². The number of thioether (sulfide) groups is 1. The number of amides is 1. The molecule has 154 valence electrons. The molecule has 2 aromatic carbocycles. The zero-order valence-electron chi connectivity index (χ0n) is 17.2. The molecule has 8 heteroatoms. The first-order valence-electron chi connectivity index (χ1n) is 9.45. The Labute approximate surface area is 178 Å². The van der Waals surface area contributed by atoms with Crippen molar-refractivity contribution in [1.29, 1.82) is 0 Å². The summed E-state index contributed by atoms with van der Waals surface area (Å²) < 4.78 is 12.5. The van der Waals surface area contributed by atoms with Gasteiger partial charge in [0.15, 0.2) is 22.3 Å². The lowest BCUT2D eigenvalue weighted by Crippen LogP contribution is -2.22. The van der Waals surface area contributed by atoms with Gasteiger partial charge in [-0.25, -0.2) is 0 Å². The van der Waals surface area contributed by atoms with Gasteiger partial charge in [-0.1, -0.05) is 30.0 Å². The van der Waals surface area contributed by atoms with Crippen molar-refractivity contribution in [1.82, 2.24) is 14.6 Å². The first-order chi connectivity index (χ1) is 14.5. The fourth-order valence-electron chi connectivity index (χ4n) is 3.32. The van der Waals surface area contributed by atoms with Crippen LogP contribution in [0, 0.1) is 6.92 Å². The molecule has 0 aliphatic carbocycles. The van der Waals surface area contributed by atoms with Crippen molar-refractivity contribution in [2.45, 2.75) is 24.3 Å². The highest BCUT2D eigenvalue weighted by atomic mass is 32.2.